The van der Waals surface area contributed by atoms with Gasteiger partial charge in [0.1, 0.15) is 5.75 Å². The quantitative estimate of drug-likeness (QED) is 0.514. The average molecular weight is 449 g/mol. The number of amides is 3. The number of nitrogens with one attached hydrogen (secondary N) is 2. The number of ether oxygens (including phenoxy) is 1. The highest BCUT2D eigenvalue weighted by Crippen LogP contribution is 2.39. The van der Waals surface area contributed by atoms with Crippen molar-refractivity contribution in [3.8, 4) is 16.9 Å². The molecule has 5 nitrogen and oxygen atoms in total. The summed E-state index contributed by atoms with van der Waals surface area (Å²) in [5.74, 6) is -0.274. The first-order chi connectivity index (χ1) is 14.7. The molecule has 0 radical (unpaired) electrons. The second-order valence-electron chi connectivity index (χ2n) is 6.37. The summed E-state index contributed by atoms with van der Waals surface area (Å²) >= 11 is 5.90. The number of hydrogen-bond acceptors (Lipinski definition) is 3. The standard InChI is InChI=1S/C22H16ClF3N2O3/c1-31-15-9-6-13(7-10-15)16-11-8-14(12-18(16)22(24,25)26)27-21(30)28-20(29)17-4-2-3-5-19(17)23/h2-12H,1H3,(H2,27,28,29,30). The third kappa shape index (κ3) is 5.35. The van der Waals surface area contributed by atoms with Gasteiger partial charge in [-0.2, -0.15) is 13.2 Å². The summed E-state index contributed by atoms with van der Waals surface area (Å²) in [5.41, 5.74) is -0.738. The molecule has 0 aliphatic heterocycles. The summed E-state index contributed by atoms with van der Waals surface area (Å²) in [6.45, 7) is 0. The highest BCUT2D eigenvalue weighted by Gasteiger charge is 2.34. The maximum atomic E-state index is 13.7. The van der Waals surface area contributed by atoms with E-state index in [-0.39, 0.29) is 21.8 Å². The predicted octanol–water partition coefficient (Wildman–Crippen LogP) is 6.00. The van der Waals surface area contributed by atoms with Crippen LogP contribution in [0.4, 0.5) is 23.7 Å². The Morgan fingerprint density at radius 3 is 2.26 bits per heavy atom. The Hall–Kier alpha value is -3.52. The first-order valence-corrected chi connectivity index (χ1v) is 9.29. The Morgan fingerprint density at radius 2 is 1.65 bits per heavy atom. The van der Waals surface area contributed by atoms with Crippen LogP contribution in [0.1, 0.15) is 15.9 Å². The molecule has 3 amide bonds. The van der Waals surface area contributed by atoms with Crippen LogP contribution in [-0.2, 0) is 6.18 Å². The molecule has 0 unspecified atom stereocenters. The minimum absolute atomic E-state index is 0.0603. The van der Waals surface area contributed by atoms with Crippen LogP contribution in [-0.4, -0.2) is 19.0 Å². The van der Waals surface area contributed by atoms with E-state index in [1.54, 1.807) is 24.3 Å². The molecular formula is C22H16ClF3N2O3. The molecule has 9 heteroatoms. The van der Waals surface area contributed by atoms with Gasteiger partial charge in [-0.25, -0.2) is 4.79 Å². The van der Waals surface area contributed by atoms with E-state index in [1.807, 2.05) is 5.32 Å². The lowest BCUT2D eigenvalue weighted by atomic mass is 9.98. The van der Waals surface area contributed by atoms with Gasteiger partial charge in [0.15, 0.2) is 0 Å². The van der Waals surface area contributed by atoms with E-state index in [9.17, 15) is 22.8 Å². The molecule has 160 valence electrons. The predicted molar refractivity (Wildman–Crippen MR) is 111 cm³/mol. The summed E-state index contributed by atoms with van der Waals surface area (Å²) in [6.07, 6.45) is -4.67. The molecule has 0 aliphatic rings. The van der Waals surface area contributed by atoms with E-state index in [1.165, 1.54) is 43.5 Å². The monoisotopic (exact) mass is 448 g/mol. The Labute approximate surface area is 180 Å². The highest BCUT2D eigenvalue weighted by atomic mass is 35.5. The van der Waals surface area contributed by atoms with Crippen LogP contribution in [0.25, 0.3) is 11.1 Å². The molecule has 0 aliphatic carbocycles. The second-order valence-corrected chi connectivity index (χ2v) is 6.78. The smallest absolute Gasteiger partial charge is 0.417 e. The van der Waals surface area contributed by atoms with Crippen molar-refractivity contribution in [2.45, 2.75) is 6.18 Å². The maximum absolute atomic E-state index is 13.7. The summed E-state index contributed by atoms with van der Waals surface area (Å²) in [5, 5.41) is 4.41. The molecule has 0 spiro atoms. The first kappa shape index (κ1) is 22.2. The van der Waals surface area contributed by atoms with Crippen LogP contribution in [0.2, 0.25) is 5.02 Å². The molecule has 3 aromatic carbocycles. The number of methoxy groups -OCH3 is 1. The van der Waals surface area contributed by atoms with Gasteiger partial charge in [-0.05, 0) is 47.5 Å². The van der Waals surface area contributed by atoms with Crippen LogP contribution >= 0.6 is 11.6 Å². The Kier molecular flexibility index (Phi) is 6.50. The van der Waals surface area contributed by atoms with Crippen molar-refractivity contribution in [2.24, 2.45) is 0 Å². The lowest BCUT2D eigenvalue weighted by Crippen LogP contribution is -2.34. The molecule has 3 rings (SSSR count). The van der Waals surface area contributed by atoms with Gasteiger partial charge in [0.2, 0.25) is 0 Å². The molecule has 0 saturated carbocycles. The van der Waals surface area contributed by atoms with Gasteiger partial charge < -0.3 is 10.1 Å². The van der Waals surface area contributed by atoms with Crippen LogP contribution < -0.4 is 15.4 Å². The molecule has 0 heterocycles. The van der Waals surface area contributed by atoms with Gasteiger partial charge in [0.25, 0.3) is 5.91 Å². The van der Waals surface area contributed by atoms with E-state index in [4.69, 9.17) is 16.3 Å². The van der Waals surface area contributed by atoms with Crippen LogP contribution in [0.3, 0.4) is 0 Å². The van der Waals surface area contributed by atoms with E-state index < -0.39 is 23.7 Å². The molecular weight excluding hydrogens is 433 g/mol. The highest BCUT2D eigenvalue weighted by molar-refractivity contribution is 6.34. The maximum Gasteiger partial charge on any atom is 0.417 e. The number of urea groups is 1. The first-order valence-electron chi connectivity index (χ1n) is 8.91. The fourth-order valence-electron chi connectivity index (χ4n) is 2.86. The van der Waals surface area contributed by atoms with Gasteiger partial charge in [-0.1, -0.05) is 41.9 Å². The van der Waals surface area contributed by atoms with E-state index in [0.29, 0.717) is 11.3 Å². The average Bonchev–Trinajstić information content (AvgIpc) is 2.73. The molecule has 0 fully saturated rings. The topological polar surface area (TPSA) is 67.4 Å². The van der Waals surface area contributed by atoms with Crippen molar-refractivity contribution < 1.29 is 27.5 Å². The zero-order chi connectivity index (χ0) is 22.6. The van der Waals surface area contributed by atoms with Gasteiger partial charge in [-0.15, -0.1) is 0 Å². The van der Waals surface area contributed by atoms with Crippen molar-refractivity contribution in [1.29, 1.82) is 0 Å². The van der Waals surface area contributed by atoms with Crippen LogP contribution in [0.15, 0.2) is 66.7 Å². The van der Waals surface area contributed by atoms with Crippen LogP contribution in [0.5, 0.6) is 5.75 Å². The van der Waals surface area contributed by atoms with Crippen molar-refractivity contribution in [2.75, 3.05) is 12.4 Å². The number of imide groups is 1. The summed E-state index contributed by atoms with van der Waals surface area (Å²) in [7, 11) is 1.46. The largest absolute Gasteiger partial charge is 0.497 e. The zero-order valence-corrected chi connectivity index (χ0v) is 16.8. The summed E-state index contributed by atoms with van der Waals surface area (Å²) in [4.78, 5) is 24.2. The van der Waals surface area contributed by atoms with E-state index in [0.717, 1.165) is 6.07 Å². The number of alkyl halides is 3. The van der Waals surface area contributed by atoms with Gasteiger partial charge in [-0.3, -0.25) is 10.1 Å². The normalized spacial score (nSPS) is 11.0. The lowest BCUT2D eigenvalue weighted by molar-refractivity contribution is -0.137. The number of anilines is 1. The fourth-order valence-corrected chi connectivity index (χ4v) is 3.08. The molecule has 2 N–H and O–H groups in total. The van der Waals surface area contributed by atoms with Crippen molar-refractivity contribution in [3.05, 3.63) is 82.9 Å². The minimum atomic E-state index is -4.67. The third-order valence-corrected chi connectivity index (χ3v) is 4.66. The second kappa shape index (κ2) is 9.09. The Balaban J connectivity index is 1.83. The molecule has 0 aromatic heterocycles. The van der Waals surface area contributed by atoms with E-state index >= 15 is 0 Å². The molecule has 3 aromatic rings. The number of halogens is 4. The number of benzene rings is 3. The van der Waals surface area contributed by atoms with Gasteiger partial charge >= 0.3 is 12.2 Å². The van der Waals surface area contributed by atoms with Crippen molar-refractivity contribution in [1.82, 2.24) is 5.32 Å². The molecule has 0 atom stereocenters. The number of hydrogen-bond donors (Lipinski definition) is 2. The Bertz CT molecular complexity index is 1120. The molecule has 31 heavy (non-hydrogen) atoms. The van der Waals surface area contributed by atoms with Gasteiger partial charge in [0.05, 0.1) is 23.3 Å². The van der Waals surface area contributed by atoms with E-state index in [2.05, 4.69) is 5.32 Å². The number of carbonyl (C=O) groups excluding carboxylic acids is 2. The zero-order valence-electron chi connectivity index (χ0n) is 16.1. The summed E-state index contributed by atoms with van der Waals surface area (Å²) < 4.78 is 46.0. The van der Waals surface area contributed by atoms with Crippen molar-refractivity contribution >= 4 is 29.2 Å². The molecule has 0 bridgehead atoms. The molecule has 0 saturated heterocycles. The summed E-state index contributed by atoms with van der Waals surface area (Å²) in [6, 6.07) is 14.5. The minimum Gasteiger partial charge on any atom is -0.497 e. The number of rotatable bonds is 4. The van der Waals surface area contributed by atoms with Gasteiger partial charge in [0, 0.05) is 5.69 Å². The third-order valence-electron chi connectivity index (χ3n) is 4.33. The SMILES string of the molecule is COc1ccc(-c2ccc(NC(=O)NC(=O)c3ccccc3Cl)cc2C(F)(F)F)cc1. The van der Waals surface area contributed by atoms with Crippen LogP contribution in [0, 0.1) is 0 Å². The number of carbonyl (C=O) groups is 2. The Morgan fingerprint density at radius 1 is 0.968 bits per heavy atom. The lowest BCUT2D eigenvalue weighted by Gasteiger charge is -2.16. The van der Waals surface area contributed by atoms with Crippen molar-refractivity contribution in [3.63, 3.8) is 0 Å². The fraction of sp³-hybridized carbons (Fsp3) is 0.0909.